The molecule has 0 fully saturated rings. The summed E-state index contributed by atoms with van der Waals surface area (Å²) in [6.45, 7) is 14.2. The Bertz CT molecular complexity index is 163. The molecule has 1 N–H and O–H groups in total. The van der Waals surface area contributed by atoms with Gasteiger partial charge in [-0.1, -0.05) is 20.8 Å². The molecule has 0 bridgehead atoms. The van der Waals surface area contributed by atoms with E-state index in [4.69, 9.17) is 4.74 Å². The molecule has 0 aromatic heterocycles. The van der Waals surface area contributed by atoms with Crippen LogP contribution in [0.4, 0.5) is 0 Å². The zero-order valence-corrected chi connectivity index (χ0v) is 11.1. The van der Waals surface area contributed by atoms with Crippen LogP contribution in [0, 0.1) is 0 Å². The van der Waals surface area contributed by atoms with Crippen LogP contribution in [0.25, 0.3) is 0 Å². The van der Waals surface area contributed by atoms with Gasteiger partial charge in [-0.15, -0.1) is 0 Å². The number of hydrogen-bond acceptors (Lipinski definition) is 2. The summed E-state index contributed by atoms with van der Waals surface area (Å²) in [6.07, 6.45) is 0.514. The molecule has 0 amide bonds. The van der Waals surface area contributed by atoms with E-state index in [-0.39, 0.29) is 10.6 Å². The van der Waals surface area contributed by atoms with Gasteiger partial charge < -0.3 is 9.53 Å². The smallest absolute Gasteiger partial charge is 0.216 e. The van der Waals surface area contributed by atoms with Crippen LogP contribution in [0.1, 0.15) is 41.5 Å². The molecule has 3 heteroatoms. The minimum absolute atomic E-state index is 0.0156. The molecular formula is C10H24O2Si. The Kier molecular flexibility index (Phi) is 3.75. The first-order chi connectivity index (χ1) is 5.46. The van der Waals surface area contributed by atoms with Crippen molar-refractivity contribution in [3.63, 3.8) is 0 Å². The molecule has 0 rings (SSSR count). The van der Waals surface area contributed by atoms with Gasteiger partial charge in [-0.25, -0.2) is 0 Å². The second kappa shape index (κ2) is 3.71. The van der Waals surface area contributed by atoms with E-state index in [1.165, 1.54) is 0 Å². The molecule has 0 aromatic carbocycles. The molecule has 0 aliphatic rings. The molecule has 0 saturated heterocycles. The van der Waals surface area contributed by atoms with Gasteiger partial charge in [0.25, 0.3) is 0 Å². The SMILES string of the molecule is CC(C)(C)OC[Si](C)(O)C(C)(C)C. The van der Waals surface area contributed by atoms with Gasteiger partial charge >= 0.3 is 0 Å². The second-order valence-corrected chi connectivity index (χ2v) is 10.3. The van der Waals surface area contributed by atoms with Crippen molar-refractivity contribution in [2.75, 3.05) is 6.23 Å². The van der Waals surface area contributed by atoms with E-state index in [1.807, 2.05) is 27.3 Å². The van der Waals surface area contributed by atoms with Crippen molar-refractivity contribution < 1.29 is 9.53 Å². The van der Waals surface area contributed by atoms with E-state index >= 15 is 0 Å². The van der Waals surface area contributed by atoms with E-state index in [0.29, 0.717) is 6.23 Å². The molecule has 1 atom stereocenters. The average Bonchev–Trinajstić information content (AvgIpc) is 1.79. The summed E-state index contributed by atoms with van der Waals surface area (Å²) in [5, 5.41) is -0.0156. The summed E-state index contributed by atoms with van der Waals surface area (Å²) in [6, 6.07) is 0. The number of hydrogen-bond donors (Lipinski definition) is 1. The lowest BCUT2D eigenvalue weighted by Crippen LogP contribution is -2.47. The molecule has 0 aliphatic heterocycles. The molecule has 13 heavy (non-hydrogen) atoms. The molecule has 0 heterocycles. The number of rotatable bonds is 2. The van der Waals surface area contributed by atoms with E-state index in [9.17, 15) is 4.80 Å². The monoisotopic (exact) mass is 204 g/mol. The van der Waals surface area contributed by atoms with E-state index in [2.05, 4.69) is 20.8 Å². The zero-order chi connectivity index (χ0) is 10.9. The fourth-order valence-electron chi connectivity index (χ4n) is 0.574. The predicted octanol–water partition coefficient (Wildman–Crippen LogP) is 2.71. The molecule has 1 unspecified atom stereocenters. The third kappa shape index (κ3) is 4.79. The molecule has 0 aliphatic carbocycles. The third-order valence-corrected chi connectivity index (χ3v) is 6.34. The van der Waals surface area contributed by atoms with Gasteiger partial charge in [-0.05, 0) is 32.4 Å². The van der Waals surface area contributed by atoms with Crippen LogP contribution >= 0.6 is 0 Å². The first kappa shape index (κ1) is 13.1. The summed E-state index contributed by atoms with van der Waals surface area (Å²) >= 11 is 0. The highest BCUT2D eigenvalue weighted by molar-refractivity contribution is 6.74. The average molecular weight is 204 g/mol. The third-order valence-electron chi connectivity index (χ3n) is 2.40. The second-order valence-electron chi connectivity index (χ2n) is 5.92. The van der Waals surface area contributed by atoms with Gasteiger partial charge in [0.15, 0.2) is 0 Å². The lowest BCUT2D eigenvalue weighted by molar-refractivity contribution is 0.0157. The Balaban J connectivity index is 4.21. The van der Waals surface area contributed by atoms with Crippen LogP contribution in [0.15, 0.2) is 0 Å². The summed E-state index contributed by atoms with van der Waals surface area (Å²) in [5.74, 6) is 0. The predicted molar refractivity (Wildman–Crippen MR) is 59.3 cm³/mol. The van der Waals surface area contributed by atoms with Crippen molar-refractivity contribution in [1.82, 2.24) is 0 Å². The summed E-state index contributed by atoms with van der Waals surface area (Å²) in [4.78, 5) is 10.2. The highest BCUT2D eigenvalue weighted by Crippen LogP contribution is 2.34. The van der Waals surface area contributed by atoms with Crippen LogP contribution in [-0.4, -0.2) is 24.9 Å². The van der Waals surface area contributed by atoms with Crippen LogP contribution in [0.3, 0.4) is 0 Å². The van der Waals surface area contributed by atoms with Gasteiger partial charge in [0, 0.05) is 0 Å². The fraction of sp³-hybridized carbons (Fsp3) is 1.00. The van der Waals surface area contributed by atoms with Gasteiger partial charge in [0.1, 0.15) is 0 Å². The van der Waals surface area contributed by atoms with Gasteiger partial charge in [-0.2, -0.15) is 0 Å². The summed E-state index contributed by atoms with van der Waals surface area (Å²) in [7, 11) is -2.24. The highest BCUT2D eigenvalue weighted by atomic mass is 28.4. The Hall–Kier alpha value is 0.137. The van der Waals surface area contributed by atoms with Gasteiger partial charge in [0.05, 0.1) is 11.8 Å². The maximum atomic E-state index is 10.2. The highest BCUT2D eigenvalue weighted by Gasteiger charge is 2.39. The first-order valence-electron chi connectivity index (χ1n) is 4.82. The first-order valence-corrected chi connectivity index (χ1v) is 7.47. The molecule has 0 saturated carbocycles. The van der Waals surface area contributed by atoms with Crippen molar-refractivity contribution in [1.29, 1.82) is 0 Å². The topological polar surface area (TPSA) is 29.5 Å². The van der Waals surface area contributed by atoms with Crippen LogP contribution in [0.5, 0.6) is 0 Å². The maximum Gasteiger partial charge on any atom is 0.216 e. The van der Waals surface area contributed by atoms with Crippen LogP contribution < -0.4 is 0 Å². The standard InChI is InChI=1S/C10H24O2Si/c1-9(2,3)12-8-13(7,11)10(4,5)6/h11H,8H2,1-7H3. The molecule has 0 spiro atoms. The van der Waals surface area contributed by atoms with Crippen molar-refractivity contribution in [2.45, 2.75) is 58.7 Å². The quantitative estimate of drug-likeness (QED) is 0.701. The molecule has 2 nitrogen and oxygen atoms in total. The summed E-state index contributed by atoms with van der Waals surface area (Å²) in [5.41, 5.74) is -0.151. The Morgan fingerprint density at radius 3 is 1.69 bits per heavy atom. The van der Waals surface area contributed by atoms with Gasteiger partial charge in [-0.3, -0.25) is 0 Å². The van der Waals surface area contributed by atoms with E-state index < -0.39 is 8.32 Å². The Morgan fingerprint density at radius 2 is 1.46 bits per heavy atom. The van der Waals surface area contributed by atoms with Crippen molar-refractivity contribution in [2.24, 2.45) is 0 Å². The zero-order valence-electron chi connectivity index (χ0n) is 10.1. The molecule has 0 aromatic rings. The van der Waals surface area contributed by atoms with Crippen molar-refractivity contribution >= 4 is 8.32 Å². The van der Waals surface area contributed by atoms with Crippen LogP contribution in [-0.2, 0) is 4.74 Å². The lowest BCUT2D eigenvalue weighted by atomic mass is 10.2. The molecule has 0 radical (unpaired) electrons. The van der Waals surface area contributed by atoms with Crippen LogP contribution in [0.2, 0.25) is 11.6 Å². The Labute approximate surface area is 83.4 Å². The number of ether oxygens (including phenoxy) is 1. The minimum atomic E-state index is -2.24. The normalized spacial score (nSPS) is 18.5. The summed E-state index contributed by atoms with van der Waals surface area (Å²) < 4.78 is 5.63. The minimum Gasteiger partial charge on any atom is -0.429 e. The lowest BCUT2D eigenvalue weighted by Gasteiger charge is -2.36. The fourth-order valence-corrected chi connectivity index (χ4v) is 1.72. The van der Waals surface area contributed by atoms with E-state index in [0.717, 1.165) is 0 Å². The van der Waals surface area contributed by atoms with Gasteiger partial charge in [0.2, 0.25) is 8.32 Å². The largest absolute Gasteiger partial charge is 0.429 e. The molecular weight excluding hydrogens is 180 g/mol. The Morgan fingerprint density at radius 1 is 1.08 bits per heavy atom. The van der Waals surface area contributed by atoms with Crippen molar-refractivity contribution in [3.8, 4) is 0 Å². The van der Waals surface area contributed by atoms with Crippen molar-refractivity contribution in [3.05, 3.63) is 0 Å². The molecule has 80 valence electrons. The maximum absolute atomic E-state index is 10.2. The van der Waals surface area contributed by atoms with E-state index in [1.54, 1.807) is 0 Å².